The van der Waals surface area contributed by atoms with E-state index in [9.17, 15) is 4.79 Å². The van der Waals surface area contributed by atoms with Gasteiger partial charge >= 0.3 is 5.97 Å². The van der Waals surface area contributed by atoms with E-state index in [-0.39, 0.29) is 10.7 Å². The van der Waals surface area contributed by atoms with Crippen molar-refractivity contribution in [3.63, 3.8) is 0 Å². The van der Waals surface area contributed by atoms with Gasteiger partial charge in [0.15, 0.2) is 0 Å². The van der Waals surface area contributed by atoms with Crippen LogP contribution in [0.1, 0.15) is 23.0 Å². The predicted molar refractivity (Wildman–Crippen MR) is 59.9 cm³/mol. The number of carboxylic acids is 1. The van der Waals surface area contributed by atoms with Crippen molar-refractivity contribution in [2.45, 2.75) is 13.3 Å². The molecule has 0 saturated carbocycles. The van der Waals surface area contributed by atoms with Gasteiger partial charge in [-0.1, -0.05) is 18.5 Å². The van der Waals surface area contributed by atoms with Crippen LogP contribution in [0.15, 0.2) is 6.33 Å². The third-order valence-corrected chi connectivity index (χ3v) is 2.97. The van der Waals surface area contributed by atoms with Crippen LogP contribution in [-0.4, -0.2) is 25.6 Å². The zero-order chi connectivity index (χ0) is 11.9. The molecule has 0 aliphatic carbocycles. The number of fused-ring (bicyclic) bond motifs is 1. The SMILES string of the molecule is CCc1ncnc2c1c(C(=O)O)c(Cl)n2C. The summed E-state index contributed by atoms with van der Waals surface area (Å²) in [6.07, 6.45) is 2.06. The van der Waals surface area contributed by atoms with Crippen molar-refractivity contribution in [3.8, 4) is 0 Å². The van der Waals surface area contributed by atoms with E-state index in [2.05, 4.69) is 9.97 Å². The summed E-state index contributed by atoms with van der Waals surface area (Å²) in [7, 11) is 1.68. The van der Waals surface area contributed by atoms with Gasteiger partial charge in [0.25, 0.3) is 0 Å². The lowest BCUT2D eigenvalue weighted by molar-refractivity contribution is 0.0699. The standard InChI is InChI=1S/C10H10ClN3O2/c1-3-5-6-7(10(15)16)8(11)14(2)9(6)13-4-12-5/h4H,3H2,1-2H3,(H,15,16). The molecular weight excluding hydrogens is 230 g/mol. The van der Waals surface area contributed by atoms with Gasteiger partial charge in [0.1, 0.15) is 22.7 Å². The molecular formula is C10H10ClN3O2. The largest absolute Gasteiger partial charge is 0.478 e. The molecule has 2 aromatic rings. The predicted octanol–water partition coefficient (Wildman–Crippen LogP) is 1.88. The lowest BCUT2D eigenvalue weighted by Gasteiger charge is -1.99. The first-order chi connectivity index (χ1) is 7.57. The highest BCUT2D eigenvalue weighted by molar-refractivity contribution is 6.35. The Bertz CT molecular complexity index is 577. The fraction of sp³-hybridized carbons (Fsp3) is 0.300. The van der Waals surface area contributed by atoms with Gasteiger partial charge in [-0.25, -0.2) is 14.8 Å². The molecule has 0 aliphatic heterocycles. The summed E-state index contributed by atoms with van der Waals surface area (Å²) in [6, 6.07) is 0. The van der Waals surface area contributed by atoms with Gasteiger partial charge in [0.05, 0.1) is 11.1 Å². The molecule has 0 radical (unpaired) electrons. The van der Waals surface area contributed by atoms with Crippen molar-refractivity contribution in [2.75, 3.05) is 0 Å². The molecule has 0 atom stereocenters. The number of aryl methyl sites for hydroxylation is 2. The van der Waals surface area contributed by atoms with E-state index in [0.717, 1.165) is 0 Å². The average molecular weight is 240 g/mol. The number of aromatic carboxylic acids is 1. The fourth-order valence-electron chi connectivity index (χ4n) is 1.75. The molecule has 1 N–H and O–H groups in total. The van der Waals surface area contributed by atoms with Crippen LogP contribution >= 0.6 is 11.6 Å². The van der Waals surface area contributed by atoms with E-state index in [1.54, 1.807) is 11.6 Å². The monoisotopic (exact) mass is 239 g/mol. The minimum atomic E-state index is -1.06. The summed E-state index contributed by atoms with van der Waals surface area (Å²) in [4.78, 5) is 19.3. The molecule has 0 aromatic carbocycles. The zero-order valence-corrected chi connectivity index (χ0v) is 9.62. The first-order valence-corrected chi connectivity index (χ1v) is 5.16. The van der Waals surface area contributed by atoms with Crippen molar-refractivity contribution in [1.29, 1.82) is 0 Å². The minimum absolute atomic E-state index is 0.0802. The second kappa shape index (κ2) is 3.75. The van der Waals surface area contributed by atoms with E-state index in [0.29, 0.717) is 23.1 Å². The molecule has 0 aliphatic rings. The molecule has 2 aromatic heterocycles. The Hall–Kier alpha value is -1.62. The Balaban J connectivity index is 2.97. The highest BCUT2D eigenvalue weighted by atomic mass is 35.5. The quantitative estimate of drug-likeness (QED) is 0.869. The van der Waals surface area contributed by atoms with Crippen molar-refractivity contribution < 1.29 is 9.90 Å². The molecule has 0 amide bonds. The third-order valence-electron chi connectivity index (χ3n) is 2.52. The fourth-order valence-corrected chi connectivity index (χ4v) is 2.00. The van der Waals surface area contributed by atoms with Gasteiger partial charge < -0.3 is 9.67 Å². The first kappa shape index (κ1) is 10.9. The van der Waals surface area contributed by atoms with Crippen LogP contribution in [0.25, 0.3) is 11.0 Å². The number of aromatic nitrogens is 3. The number of rotatable bonds is 2. The minimum Gasteiger partial charge on any atom is -0.478 e. The van der Waals surface area contributed by atoms with Crippen molar-refractivity contribution in [2.24, 2.45) is 7.05 Å². The molecule has 0 spiro atoms. The smallest absolute Gasteiger partial charge is 0.339 e. The van der Waals surface area contributed by atoms with Crippen LogP contribution in [0.4, 0.5) is 0 Å². The normalized spacial score (nSPS) is 10.9. The second-order valence-corrected chi connectivity index (χ2v) is 3.76. The van der Waals surface area contributed by atoms with E-state index < -0.39 is 5.97 Å². The molecule has 2 rings (SSSR count). The molecule has 2 heterocycles. The van der Waals surface area contributed by atoms with E-state index in [1.807, 2.05) is 6.92 Å². The lowest BCUT2D eigenvalue weighted by Crippen LogP contribution is -1.99. The first-order valence-electron chi connectivity index (χ1n) is 4.79. The number of hydrogen-bond donors (Lipinski definition) is 1. The zero-order valence-electron chi connectivity index (χ0n) is 8.86. The van der Waals surface area contributed by atoms with Gasteiger partial charge in [0.2, 0.25) is 0 Å². The Morgan fingerprint density at radius 3 is 2.81 bits per heavy atom. The number of carboxylic acid groups (broad SMARTS) is 1. The van der Waals surface area contributed by atoms with Crippen LogP contribution < -0.4 is 0 Å². The maximum atomic E-state index is 11.2. The summed E-state index contributed by atoms with van der Waals surface area (Å²) < 4.78 is 1.56. The van der Waals surface area contributed by atoms with E-state index in [4.69, 9.17) is 16.7 Å². The second-order valence-electron chi connectivity index (χ2n) is 3.40. The summed E-state index contributed by atoms with van der Waals surface area (Å²) >= 11 is 5.97. The van der Waals surface area contributed by atoms with E-state index >= 15 is 0 Å². The number of halogens is 1. The van der Waals surface area contributed by atoms with Gasteiger partial charge in [0, 0.05) is 7.05 Å². The van der Waals surface area contributed by atoms with Gasteiger partial charge in [-0.2, -0.15) is 0 Å². The van der Waals surface area contributed by atoms with Crippen LogP contribution in [0, 0.1) is 0 Å². The lowest BCUT2D eigenvalue weighted by atomic mass is 10.1. The maximum Gasteiger partial charge on any atom is 0.339 e. The molecule has 6 heteroatoms. The van der Waals surface area contributed by atoms with Crippen molar-refractivity contribution in [3.05, 3.63) is 22.7 Å². The summed E-state index contributed by atoms with van der Waals surface area (Å²) in [5.41, 5.74) is 1.33. The third kappa shape index (κ3) is 1.36. The van der Waals surface area contributed by atoms with Crippen LogP contribution in [0.5, 0.6) is 0 Å². The molecule has 0 unspecified atom stereocenters. The maximum absolute atomic E-state index is 11.2. The van der Waals surface area contributed by atoms with Crippen molar-refractivity contribution in [1.82, 2.24) is 14.5 Å². The summed E-state index contributed by atoms with van der Waals surface area (Å²) in [6.45, 7) is 1.91. The average Bonchev–Trinajstić information content (AvgIpc) is 2.52. The number of carbonyl (C=O) groups is 1. The Kier molecular flexibility index (Phi) is 2.55. The van der Waals surface area contributed by atoms with Gasteiger partial charge in [-0.15, -0.1) is 0 Å². The molecule has 84 valence electrons. The molecule has 0 saturated heterocycles. The van der Waals surface area contributed by atoms with E-state index in [1.165, 1.54) is 6.33 Å². The van der Waals surface area contributed by atoms with Crippen LogP contribution in [-0.2, 0) is 13.5 Å². The molecule has 0 bridgehead atoms. The molecule has 5 nitrogen and oxygen atoms in total. The van der Waals surface area contributed by atoms with Crippen LogP contribution in [0.3, 0.4) is 0 Å². The highest BCUT2D eigenvalue weighted by Crippen LogP contribution is 2.29. The summed E-state index contributed by atoms with van der Waals surface area (Å²) in [5.74, 6) is -1.06. The van der Waals surface area contributed by atoms with Gasteiger partial charge in [-0.3, -0.25) is 0 Å². The number of nitrogens with zero attached hydrogens (tertiary/aromatic N) is 3. The molecule has 16 heavy (non-hydrogen) atoms. The van der Waals surface area contributed by atoms with Crippen molar-refractivity contribution >= 4 is 28.6 Å². The summed E-state index contributed by atoms with van der Waals surface area (Å²) in [5, 5.41) is 9.85. The highest BCUT2D eigenvalue weighted by Gasteiger charge is 2.22. The Morgan fingerprint density at radius 1 is 1.56 bits per heavy atom. The van der Waals surface area contributed by atoms with Gasteiger partial charge in [-0.05, 0) is 6.42 Å². The number of hydrogen-bond acceptors (Lipinski definition) is 3. The Morgan fingerprint density at radius 2 is 2.25 bits per heavy atom. The topological polar surface area (TPSA) is 68.0 Å². The molecule has 0 fully saturated rings. The Labute approximate surface area is 96.7 Å². The van der Waals surface area contributed by atoms with Crippen LogP contribution in [0.2, 0.25) is 5.15 Å².